The summed E-state index contributed by atoms with van der Waals surface area (Å²) >= 11 is 0.851. The van der Waals surface area contributed by atoms with E-state index < -0.39 is 11.9 Å². The maximum atomic E-state index is 12.9. The van der Waals surface area contributed by atoms with Crippen LogP contribution in [0.3, 0.4) is 0 Å². The molecule has 0 bridgehead atoms. The van der Waals surface area contributed by atoms with Crippen molar-refractivity contribution in [2.24, 2.45) is 0 Å². The first-order valence-electron chi connectivity index (χ1n) is 11.8. The van der Waals surface area contributed by atoms with E-state index in [1.165, 1.54) is 7.11 Å². The molecule has 0 atom stereocenters. The van der Waals surface area contributed by atoms with E-state index in [0.29, 0.717) is 22.6 Å². The van der Waals surface area contributed by atoms with E-state index in [2.05, 4.69) is 0 Å². The highest BCUT2D eigenvalue weighted by atomic mass is 32.2. The molecule has 0 aromatic heterocycles. The topological polar surface area (TPSA) is 91.4 Å². The van der Waals surface area contributed by atoms with Crippen molar-refractivity contribution in [3.8, 4) is 23.0 Å². The van der Waals surface area contributed by atoms with Gasteiger partial charge < -0.3 is 18.9 Å². The molecule has 3 aromatic carbocycles. The number of benzene rings is 3. The standard InChI is InChI=1S/C29H27NO7S/c1-18-5-6-19(2)24(15-18)36-14-13-30-27(31)26(38-29(30)33)17-20-7-12-23(35-4)25(16-20)37-28(32)21-8-10-22(34-3)11-9-21/h5-12,15-17H,13-14H2,1-4H3/b26-17-. The first-order chi connectivity index (χ1) is 18.3. The van der Waals surface area contributed by atoms with Crippen LogP contribution in [0.15, 0.2) is 65.6 Å². The van der Waals surface area contributed by atoms with Crippen molar-refractivity contribution < 1.29 is 33.3 Å². The molecule has 0 saturated carbocycles. The Hall–Kier alpha value is -4.24. The SMILES string of the molecule is COc1ccc(C(=O)Oc2cc(/C=C3\SC(=O)N(CCOc4cc(C)ccc4C)C3=O)ccc2OC)cc1. The van der Waals surface area contributed by atoms with Crippen LogP contribution in [0, 0.1) is 13.8 Å². The lowest BCUT2D eigenvalue weighted by atomic mass is 10.1. The summed E-state index contributed by atoms with van der Waals surface area (Å²) in [6, 6.07) is 17.3. The van der Waals surface area contributed by atoms with Crippen LogP contribution in [0.2, 0.25) is 0 Å². The number of ether oxygens (including phenoxy) is 4. The zero-order valence-corrected chi connectivity index (χ0v) is 22.3. The second-order valence-corrected chi connectivity index (χ2v) is 9.47. The minimum absolute atomic E-state index is 0.128. The van der Waals surface area contributed by atoms with Crippen molar-refractivity contribution in [1.29, 1.82) is 0 Å². The van der Waals surface area contributed by atoms with Gasteiger partial charge in [0.1, 0.15) is 18.1 Å². The number of methoxy groups -OCH3 is 2. The van der Waals surface area contributed by atoms with E-state index in [9.17, 15) is 14.4 Å². The molecule has 4 rings (SSSR count). The number of hydrogen-bond acceptors (Lipinski definition) is 8. The molecule has 1 aliphatic rings. The number of rotatable bonds is 9. The highest BCUT2D eigenvalue weighted by molar-refractivity contribution is 8.18. The van der Waals surface area contributed by atoms with Crippen molar-refractivity contribution in [3.05, 3.63) is 87.8 Å². The smallest absolute Gasteiger partial charge is 0.343 e. The van der Waals surface area contributed by atoms with Crippen LogP contribution < -0.4 is 18.9 Å². The van der Waals surface area contributed by atoms with Crippen LogP contribution in [0.4, 0.5) is 4.79 Å². The van der Waals surface area contributed by atoms with Gasteiger partial charge in [0.05, 0.1) is 31.2 Å². The Morgan fingerprint density at radius 3 is 2.37 bits per heavy atom. The van der Waals surface area contributed by atoms with Crippen molar-refractivity contribution in [3.63, 3.8) is 0 Å². The number of nitrogens with zero attached hydrogens (tertiary/aromatic N) is 1. The first kappa shape index (κ1) is 26.8. The quantitative estimate of drug-likeness (QED) is 0.198. The van der Waals surface area contributed by atoms with Gasteiger partial charge in [-0.15, -0.1) is 0 Å². The van der Waals surface area contributed by atoms with E-state index in [1.54, 1.807) is 55.7 Å². The van der Waals surface area contributed by atoms with Gasteiger partial charge in [0, 0.05) is 0 Å². The van der Waals surface area contributed by atoms with Gasteiger partial charge in [-0.25, -0.2) is 4.79 Å². The molecule has 0 unspecified atom stereocenters. The fraction of sp³-hybridized carbons (Fsp3) is 0.207. The maximum absolute atomic E-state index is 12.9. The Kier molecular flexibility index (Phi) is 8.38. The number of carbonyl (C=O) groups excluding carboxylic acids is 3. The largest absolute Gasteiger partial charge is 0.497 e. The normalized spacial score (nSPS) is 14.1. The van der Waals surface area contributed by atoms with Gasteiger partial charge >= 0.3 is 5.97 Å². The number of thioether (sulfide) groups is 1. The van der Waals surface area contributed by atoms with Gasteiger partial charge in [0.15, 0.2) is 11.5 Å². The third-order valence-electron chi connectivity index (χ3n) is 5.80. The molecule has 1 heterocycles. The molecule has 1 fully saturated rings. The Labute approximate surface area is 225 Å². The highest BCUT2D eigenvalue weighted by Gasteiger charge is 2.35. The summed E-state index contributed by atoms with van der Waals surface area (Å²) in [6.07, 6.45) is 1.58. The van der Waals surface area contributed by atoms with Crippen LogP contribution in [-0.2, 0) is 4.79 Å². The van der Waals surface area contributed by atoms with Crippen molar-refractivity contribution >= 4 is 35.0 Å². The number of imide groups is 1. The fourth-order valence-electron chi connectivity index (χ4n) is 3.70. The van der Waals surface area contributed by atoms with Crippen LogP contribution in [0.25, 0.3) is 6.08 Å². The predicted molar refractivity (Wildman–Crippen MR) is 145 cm³/mol. The van der Waals surface area contributed by atoms with Gasteiger partial charge in [0.2, 0.25) is 0 Å². The van der Waals surface area contributed by atoms with E-state index >= 15 is 0 Å². The number of aryl methyl sites for hydroxylation is 2. The molecule has 1 aliphatic heterocycles. The summed E-state index contributed by atoms with van der Waals surface area (Å²) < 4.78 is 21.8. The molecule has 9 heteroatoms. The molecule has 0 aliphatic carbocycles. The second-order valence-electron chi connectivity index (χ2n) is 8.48. The first-order valence-corrected chi connectivity index (χ1v) is 12.6. The zero-order valence-electron chi connectivity index (χ0n) is 21.5. The monoisotopic (exact) mass is 533 g/mol. The van der Waals surface area contributed by atoms with Crippen LogP contribution in [-0.4, -0.2) is 49.4 Å². The number of esters is 1. The zero-order chi connectivity index (χ0) is 27.2. The van der Waals surface area contributed by atoms with Crippen molar-refractivity contribution in [2.75, 3.05) is 27.4 Å². The summed E-state index contributed by atoms with van der Waals surface area (Å²) in [6.45, 7) is 4.22. The van der Waals surface area contributed by atoms with Gasteiger partial charge in [-0.05, 0) is 90.8 Å². The summed E-state index contributed by atoms with van der Waals surface area (Å²) in [4.78, 5) is 39.6. The second kappa shape index (κ2) is 11.9. The molecular formula is C29H27NO7S. The summed E-state index contributed by atoms with van der Waals surface area (Å²) in [7, 11) is 3.00. The summed E-state index contributed by atoms with van der Waals surface area (Å²) in [5, 5.41) is -0.370. The molecule has 1 saturated heterocycles. The summed E-state index contributed by atoms with van der Waals surface area (Å²) in [5.41, 5.74) is 2.95. The molecule has 2 amide bonds. The van der Waals surface area contributed by atoms with Gasteiger partial charge in [-0.1, -0.05) is 18.2 Å². The predicted octanol–water partition coefficient (Wildman–Crippen LogP) is 5.66. The Balaban J connectivity index is 1.45. The molecule has 0 radical (unpaired) electrons. The minimum Gasteiger partial charge on any atom is -0.497 e. The fourth-order valence-corrected chi connectivity index (χ4v) is 4.57. The Bertz CT molecular complexity index is 1400. The average Bonchev–Trinajstić information content (AvgIpc) is 3.18. The summed E-state index contributed by atoms with van der Waals surface area (Å²) in [5.74, 6) is 0.891. The lowest BCUT2D eigenvalue weighted by Gasteiger charge is -2.14. The lowest BCUT2D eigenvalue weighted by Crippen LogP contribution is -2.32. The van der Waals surface area contributed by atoms with E-state index in [4.69, 9.17) is 18.9 Å². The average molecular weight is 534 g/mol. The van der Waals surface area contributed by atoms with Crippen LogP contribution in [0.5, 0.6) is 23.0 Å². The van der Waals surface area contributed by atoms with Gasteiger partial charge in [-0.2, -0.15) is 0 Å². The molecule has 38 heavy (non-hydrogen) atoms. The number of amides is 2. The maximum Gasteiger partial charge on any atom is 0.343 e. The van der Waals surface area contributed by atoms with Gasteiger partial charge in [-0.3, -0.25) is 14.5 Å². The van der Waals surface area contributed by atoms with Crippen LogP contribution in [0.1, 0.15) is 27.0 Å². The van der Waals surface area contributed by atoms with E-state index in [-0.39, 0.29) is 29.0 Å². The lowest BCUT2D eigenvalue weighted by molar-refractivity contribution is -0.123. The van der Waals surface area contributed by atoms with E-state index in [1.807, 2.05) is 32.0 Å². The van der Waals surface area contributed by atoms with Gasteiger partial charge in [0.25, 0.3) is 11.1 Å². The highest BCUT2D eigenvalue weighted by Crippen LogP contribution is 2.35. The molecule has 0 N–H and O–H groups in total. The minimum atomic E-state index is -0.577. The van der Waals surface area contributed by atoms with Crippen LogP contribution >= 0.6 is 11.8 Å². The third kappa shape index (κ3) is 6.18. The number of hydrogen-bond donors (Lipinski definition) is 0. The van der Waals surface area contributed by atoms with Crippen molar-refractivity contribution in [2.45, 2.75) is 13.8 Å². The van der Waals surface area contributed by atoms with Crippen molar-refractivity contribution in [1.82, 2.24) is 4.90 Å². The Morgan fingerprint density at radius 1 is 0.895 bits per heavy atom. The molecular weight excluding hydrogens is 506 g/mol. The molecule has 0 spiro atoms. The molecule has 3 aromatic rings. The van der Waals surface area contributed by atoms with E-state index in [0.717, 1.165) is 33.5 Å². The molecule has 196 valence electrons. The molecule has 8 nitrogen and oxygen atoms in total. The third-order valence-corrected chi connectivity index (χ3v) is 6.71. The number of carbonyl (C=O) groups is 3. The Morgan fingerprint density at radius 2 is 1.66 bits per heavy atom.